The Labute approximate surface area is 178 Å². The predicted molar refractivity (Wildman–Crippen MR) is 115 cm³/mol. The van der Waals surface area contributed by atoms with Crippen LogP contribution in [0.15, 0.2) is 61.1 Å². The van der Waals surface area contributed by atoms with Gasteiger partial charge in [0.05, 0.1) is 17.4 Å². The lowest BCUT2D eigenvalue weighted by molar-refractivity contribution is -0.389. The van der Waals surface area contributed by atoms with Crippen molar-refractivity contribution < 1.29 is 9.72 Å². The van der Waals surface area contributed by atoms with Gasteiger partial charge in [0.1, 0.15) is 6.20 Å². The number of aromatic nitrogens is 4. The summed E-state index contributed by atoms with van der Waals surface area (Å²) in [6.07, 6.45) is 3.42. The molecule has 4 aromatic rings. The second-order valence-corrected chi connectivity index (χ2v) is 7.30. The minimum Gasteiger partial charge on any atom is -0.358 e. The maximum absolute atomic E-state index is 12.2. The smallest absolute Gasteiger partial charge is 0.358 e. The highest BCUT2D eigenvalue weighted by atomic mass is 16.6. The Hall–Kier alpha value is -4.01. The molecule has 0 aliphatic heterocycles. The topological polar surface area (TPSA) is 108 Å². The number of nitrogens with one attached hydrogen (secondary N) is 1. The number of imidazole rings is 2. The van der Waals surface area contributed by atoms with Gasteiger partial charge in [0, 0.05) is 33.0 Å². The molecular formula is C22H22N6O3. The Balaban J connectivity index is 1.28. The lowest BCUT2D eigenvalue weighted by Crippen LogP contribution is -2.24. The van der Waals surface area contributed by atoms with Gasteiger partial charge in [-0.2, -0.15) is 0 Å². The van der Waals surface area contributed by atoms with Crippen molar-refractivity contribution in [1.29, 1.82) is 0 Å². The van der Waals surface area contributed by atoms with Crippen LogP contribution in [0.25, 0.3) is 11.0 Å². The average Bonchev–Trinajstić information content (AvgIpc) is 3.35. The van der Waals surface area contributed by atoms with Gasteiger partial charge >= 0.3 is 5.82 Å². The first-order valence-corrected chi connectivity index (χ1v) is 9.92. The lowest BCUT2D eigenvalue weighted by Gasteiger charge is -2.08. The Morgan fingerprint density at radius 1 is 1.10 bits per heavy atom. The summed E-state index contributed by atoms with van der Waals surface area (Å²) in [6.45, 7) is 3.18. The zero-order chi connectivity index (χ0) is 21.8. The number of fused-ring (bicyclic) bond motifs is 1. The molecule has 31 heavy (non-hydrogen) atoms. The highest BCUT2D eigenvalue weighted by molar-refractivity contribution is 5.76. The molecule has 1 N–H and O–H groups in total. The van der Waals surface area contributed by atoms with Crippen LogP contribution in [0.5, 0.6) is 0 Å². The van der Waals surface area contributed by atoms with E-state index in [2.05, 4.69) is 25.9 Å². The van der Waals surface area contributed by atoms with Crippen molar-refractivity contribution in [3.63, 3.8) is 0 Å². The zero-order valence-corrected chi connectivity index (χ0v) is 17.1. The number of rotatable bonds is 8. The molecule has 2 heterocycles. The summed E-state index contributed by atoms with van der Waals surface area (Å²) >= 11 is 0. The highest BCUT2D eigenvalue weighted by Gasteiger charge is 2.15. The quantitative estimate of drug-likeness (QED) is 0.349. The van der Waals surface area contributed by atoms with E-state index >= 15 is 0 Å². The number of nitro groups is 1. The van der Waals surface area contributed by atoms with Gasteiger partial charge in [0.2, 0.25) is 11.7 Å². The van der Waals surface area contributed by atoms with Crippen LogP contribution in [0.2, 0.25) is 0 Å². The predicted octanol–water partition coefficient (Wildman–Crippen LogP) is 3.20. The van der Waals surface area contributed by atoms with Crippen LogP contribution in [0.3, 0.4) is 0 Å². The van der Waals surface area contributed by atoms with Gasteiger partial charge in [-0.05, 0) is 33.2 Å². The monoisotopic (exact) mass is 418 g/mol. The van der Waals surface area contributed by atoms with E-state index in [1.807, 2.05) is 48.8 Å². The standard InChI is InChI=1S/C22H22N6O3/c1-16-25-21(28(30)31)14-26(16)11-10-22(29)23-12-17-6-8-18(9-7-17)13-27-15-24-19-4-2-3-5-20(19)27/h2-9,14-15H,10-13H2,1H3,(H,23,29). The van der Waals surface area contributed by atoms with Crippen molar-refractivity contribution in [2.24, 2.45) is 0 Å². The number of aryl methyl sites for hydroxylation is 2. The molecule has 2 aromatic carbocycles. The van der Waals surface area contributed by atoms with Crippen LogP contribution in [0.4, 0.5) is 5.82 Å². The van der Waals surface area contributed by atoms with Crippen molar-refractivity contribution in [3.8, 4) is 0 Å². The zero-order valence-electron chi connectivity index (χ0n) is 17.1. The number of carbonyl (C=O) groups excluding carboxylic acids is 1. The molecule has 0 aliphatic carbocycles. The van der Waals surface area contributed by atoms with Crippen molar-refractivity contribution in [2.75, 3.05) is 0 Å². The molecule has 4 rings (SSSR count). The molecule has 0 fully saturated rings. The summed E-state index contributed by atoms with van der Waals surface area (Å²) in [7, 11) is 0. The van der Waals surface area contributed by atoms with E-state index in [1.165, 1.54) is 6.20 Å². The fourth-order valence-corrected chi connectivity index (χ4v) is 3.41. The van der Waals surface area contributed by atoms with E-state index in [4.69, 9.17) is 0 Å². The van der Waals surface area contributed by atoms with Crippen LogP contribution in [-0.2, 0) is 24.4 Å². The number of nitrogens with zero attached hydrogens (tertiary/aromatic N) is 5. The van der Waals surface area contributed by atoms with Crippen molar-refractivity contribution in [3.05, 3.63) is 88.1 Å². The Morgan fingerprint density at radius 3 is 2.58 bits per heavy atom. The van der Waals surface area contributed by atoms with Crippen molar-refractivity contribution in [2.45, 2.75) is 33.0 Å². The van der Waals surface area contributed by atoms with Crippen LogP contribution in [0.1, 0.15) is 23.4 Å². The first kappa shape index (κ1) is 20.3. The maximum Gasteiger partial charge on any atom is 0.381 e. The van der Waals surface area contributed by atoms with E-state index in [0.29, 0.717) is 18.9 Å². The normalized spacial score (nSPS) is 11.0. The fourth-order valence-electron chi connectivity index (χ4n) is 3.41. The number of benzene rings is 2. The Morgan fingerprint density at radius 2 is 1.84 bits per heavy atom. The van der Waals surface area contributed by atoms with Crippen molar-refractivity contribution in [1.82, 2.24) is 24.4 Å². The molecule has 158 valence electrons. The summed E-state index contributed by atoms with van der Waals surface area (Å²) in [5, 5.41) is 13.7. The number of carbonyl (C=O) groups is 1. The van der Waals surface area contributed by atoms with Crippen LogP contribution in [-0.4, -0.2) is 29.9 Å². The van der Waals surface area contributed by atoms with E-state index in [9.17, 15) is 14.9 Å². The molecule has 0 radical (unpaired) electrons. The molecule has 0 atom stereocenters. The number of amides is 1. The first-order valence-electron chi connectivity index (χ1n) is 9.92. The SMILES string of the molecule is Cc1nc([N+](=O)[O-])cn1CCC(=O)NCc1ccc(Cn2cnc3ccccc32)cc1. The minimum atomic E-state index is -0.539. The second-order valence-electron chi connectivity index (χ2n) is 7.30. The Kier molecular flexibility index (Phi) is 5.74. The second kappa shape index (κ2) is 8.78. The van der Waals surface area contributed by atoms with E-state index in [-0.39, 0.29) is 18.1 Å². The van der Waals surface area contributed by atoms with Gasteiger partial charge in [-0.3, -0.25) is 4.79 Å². The van der Waals surface area contributed by atoms with E-state index in [0.717, 1.165) is 28.7 Å². The van der Waals surface area contributed by atoms with Gasteiger partial charge < -0.3 is 24.6 Å². The third-order valence-corrected chi connectivity index (χ3v) is 5.12. The van der Waals surface area contributed by atoms with Crippen LogP contribution < -0.4 is 5.32 Å². The summed E-state index contributed by atoms with van der Waals surface area (Å²) < 4.78 is 3.72. The third kappa shape index (κ3) is 4.77. The summed E-state index contributed by atoms with van der Waals surface area (Å²) in [4.78, 5) is 30.7. The number of para-hydroxylation sites is 2. The molecule has 0 saturated carbocycles. The largest absolute Gasteiger partial charge is 0.381 e. The van der Waals surface area contributed by atoms with Crippen molar-refractivity contribution >= 4 is 22.8 Å². The molecule has 9 nitrogen and oxygen atoms in total. The molecule has 0 aliphatic rings. The van der Waals surface area contributed by atoms with E-state index < -0.39 is 4.92 Å². The summed E-state index contributed by atoms with van der Waals surface area (Å²) in [5.41, 5.74) is 4.22. The molecule has 9 heteroatoms. The summed E-state index contributed by atoms with van der Waals surface area (Å²) in [5.74, 6) is 0.187. The summed E-state index contributed by atoms with van der Waals surface area (Å²) in [6, 6.07) is 16.1. The molecule has 2 aromatic heterocycles. The van der Waals surface area contributed by atoms with Gasteiger partial charge in [-0.25, -0.2) is 4.98 Å². The van der Waals surface area contributed by atoms with E-state index in [1.54, 1.807) is 11.5 Å². The third-order valence-electron chi connectivity index (χ3n) is 5.12. The van der Waals surface area contributed by atoms with Gasteiger partial charge in [0.15, 0.2) is 0 Å². The minimum absolute atomic E-state index is 0.121. The maximum atomic E-state index is 12.2. The number of hydrogen-bond donors (Lipinski definition) is 1. The fraction of sp³-hybridized carbons (Fsp3) is 0.227. The first-order chi connectivity index (χ1) is 15.0. The van der Waals surface area contributed by atoms with Crippen LogP contribution in [0, 0.1) is 17.0 Å². The lowest BCUT2D eigenvalue weighted by atomic mass is 10.1. The molecular weight excluding hydrogens is 396 g/mol. The van der Waals surface area contributed by atoms with Gasteiger partial charge in [-0.1, -0.05) is 36.4 Å². The van der Waals surface area contributed by atoms with Gasteiger partial charge in [0.25, 0.3) is 0 Å². The molecule has 0 saturated heterocycles. The highest BCUT2D eigenvalue weighted by Crippen LogP contribution is 2.15. The molecule has 1 amide bonds. The Bertz CT molecular complexity index is 1230. The van der Waals surface area contributed by atoms with Gasteiger partial charge in [-0.15, -0.1) is 0 Å². The molecule has 0 unspecified atom stereocenters. The molecule has 0 spiro atoms. The average molecular weight is 418 g/mol. The molecule has 0 bridgehead atoms. The number of hydrogen-bond acceptors (Lipinski definition) is 5. The van der Waals surface area contributed by atoms with Crippen LogP contribution >= 0.6 is 0 Å².